The smallest absolute Gasteiger partial charge is 0.236 e. The summed E-state index contributed by atoms with van der Waals surface area (Å²) in [5.41, 5.74) is 0.947. The van der Waals surface area contributed by atoms with Gasteiger partial charge in [-0.15, -0.1) is 0 Å². The third kappa shape index (κ3) is 5.53. The highest BCUT2D eigenvalue weighted by atomic mass is 16.3. The van der Waals surface area contributed by atoms with Crippen LogP contribution in [0.4, 0.5) is 0 Å². The van der Waals surface area contributed by atoms with Gasteiger partial charge in [0.15, 0.2) is 0 Å². The summed E-state index contributed by atoms with van der Waals surface area (Å²) in [6, 6.07) is 9.98. The number of carbonyl (C=O) groups excluding carboxylic acids is 2. The molecular formula is C21H33N3O3. The monoisotopic (exact) mass is 375 g/mol. The Morgan fingerprint density at radius 2 is 1.78 bits per heavy atom. The van der Waals surface area contributed by atoms with Crippen LogP contribution in [0.5, 0.6) is 0 Å². The average Bonchev–Trinajstić information content (AvgIpc) is 2.79. The molecule has 2 amide bonds. The van der Waals surface area contributed by atoms with Crippen molar-refractivity contribution in [3.05, 3.63) is 35.9 Å². The van der Waals surface area contributed by atoms with E-state index < -0.39 is 6.10 Å². The molecule has 1 saturated carbocycles. The van der Waals surface area contributed by atoms with Crippen LogP contribution in [0.15, 0.2) is 30.3 Å². The van der Waals surface area contributed by atoms with Crippen molar-refractivity contribution in [3.8, 4) is 0 Å². The number of likely N-dealkylation sites (N-methyl/N-ethyl adjacent to an activating group) is 2. The number of benzene rings is 1. The maximum Gasteiger partial charge on any atom is 0.236 e. The summed E-state index contributed by atoms with van der Waals surface area (Å²) in [5, 5.41) is 13.7. The Morgan fingerprint density at radius 3 is 2.37 bits per heavy atom. The fourth-order valence-corrected chi connectivity index (χ4v) is 4.03. The number of nitrogens with one attached hydrogen (secondary N) is 1. The van der Waals surface area contributed by atoms with Crippen molar-refractivity contribution in [3.63, 3.8) is 0 Å². The standard InChI is InChI=1S/C21H33N3O3/c1-16(25)22-15-21(17-8-6-5-7-9-17)12-10-18(19(26)11-13-21)24(4)20(27)14-23(2)3/h5-9,18-19,26H,10-15H2,1-4H3,(H,22,25)/t18-,19-,21-/m1/s1. The van der Waals surface area contributed by atoms with Gasteiger partial charge in [0.1, 0.15) is 0 Å². The fourth-order valence-electron chi connectivity index (χ4n) is 4.03. The second kappa shape index (κ2) is 9.33. The first-order valence-electron chi connectivity index (χ1n) is 9.63. The zero-order chi connectivity index (χ0) is 20.0. The Hall–Kier alpha value is -1.92. The molecule has 6 heteroatoms. The molecule has 27 heavy (non-hydrogen) atoms. The molecule has 1 fully saturated rings. The highest BCUT2D eigenvalue weighted by Gasteiger charge is 2.39. The zero-order valence-electron chi connectivity index (χ0n) is 16.9. The lowest BCUT2D eigenvalue weighted by molar-refractivity contribution is -0.135. The van der Waals surface area contributed by atoms with E-state index in [1.54, 1.807) is 11.9 Å². The van der Waals surface area contributed by atoms with Crippen molar-refractivity contribution in [2.75, 3.05) is 34.2 Å². The van der Waals surface area contributed by atoms with Gasteiger partial charge in [0, 0.05) is 25.9 Å². The topological polar surface area (TPSA) is 72.9 Å². The molecule has 0 bridgehead atoms. The summed E-state index contributed by atoms with van der Waals surface area (Å²) in [5.74, 6) is -0.0388. The van der Waals surface area contributed by atoms with E-state index in [4.69, 9.17) is 0 Å². The molecule has 0 radical (unpaired) electrons. The van der Waals surface area contributed by atoms with Crippen LogP contribution in [-0.2, 0) is 15.0 Å². The summed E-state index contributed by atoms with van der Waals surface area (Å²) in [6.45, 7) is 2.40. The molecule has 2 N–H and O–H groups in total. The van der Waals surface area contributed by atoms with Crippen LogP contribution in [0.1, 0.15) is 38.2 Å². The summed E-state index contributed by atoms with van der Waals surface area (Å²) in [7, 11) is 5.51. The highest BCUT2D eigenvalue weighted by molar-refractivity contribution is 5.78. The van der Waals surface area contributed by atoms with Crippen molar-refractivity contribution >= 4 is 11.8 Å². The average molecular weight is 376 g/mol. The Balaban J connectivity index is 2.22. The van der Waals surface area contributed by atoms with Gasteiger partial charge in [-0.25, -0.2) is 0 Å². The van der Waals surface area contributed by atoms with Gasteiger partial charge in [-0.2, -0.15) is 0 Å². The number of amides is 2. The van der Waals surface area contributed by atoms with E-state index in [1.165, 1.54) is 12.5 Å². The van der Waals surface area contributed by atoms with Gasteiger partial charge in [0.25, 0.3) is 0 Å². The first-order valence-corrected chi connectivity index (χ1v) is 9.63. The van der Waals surface area contributed by atoms with Gasteiger partial charge in [0.2, 0.25) is 11.8 Å². The normalized spacial score (nSPS) is 25.7. The summed E-state index contributed by atoms with van der Waals surface area (Å²) in [6.07, 6.45) is 2.30. The van der Waals surface area contributed by atoms with Gasteiger partial charge < -0.3 is 20.2 Å². The van der Waals surface area contributed by atoms with E-state index in [9.17, 15) is 14.7 Å². The van der Waals surface area contributed by atoms with Crippen molar-refractivity contribution in [2.24, 2.45) is 0 Å². The quantitative estimate of drug-likeness (QED) is 0.737. The Kier molecular flexibility index (Phi) is 7.39. The molecule has 1 aliphatic rings. The van der Waals surface area contributed by atoms with E-state index >= 15 is 0 Å². The first kappa shape index (κ1) is 21.4. The van der Waals surface area contributed by atoms with E-state index in [2.05, 4.69) is 17.4 Å². The molecule has 150 valence electrons. The molecule has 0 saturated heterocycles. The zero-order valence-corrected chi connectivity index (χ0v) is 16.9. The van der Waals surface area contributed by atoms with Gasteiger partial charge in [-0.1, -0.05) is 30.3 Å². The van der Waals surface area contributed by atoms with Gasteiger partial charge in [-0.05, 0) is 45.3 Å². The number of rotatable bonds is 6. The van der Waals surface area contributed by atoms with Crippen LogP contribution in [0.3, 0.4) is 0 Å². The molecule has 1 aromatic carbocycles. The number of nitrogens with zero attached hydrogens (tertiary/aromatic N) is 2. The van der Waals surface area contributed by atoms with Crippen LogP contribution in [0.2, 0.25) is 0 Å². The predicted octanol–water partition coefficient (Wildman–Crippen LogP) is 1.38. The molecule has 0 spiro atoms. The van der Waals surface area contributed by atoms with Crippen molar-refractivity contribution in [2.45, 2.75) is 50.2 Å². The number of aliphatic hydroxyl groups is 1. The molecule has 1 aliphatic carbocycles. The minimum Gasteiger partial charge on any atom is -0.391 e. The SMILES string of the molecule is CC(=O)NC[C@]1(c2ccccc2)CC[C@@H](O)[C@H](N(C)C(=O)CN(C)C)CC1. The van der Waals surface area contributed by atoms with E-state index in [-0.39, 0.29) is 23.3 Å². The largest absolute Gasteiger partial charge is 0.391 e. The van der Waals surface area contributed by atoms with Gasteiger partial charge in [0.05, 0.1) is 18.7 Å². The van der Waals surface area contributed by atoms with E-state index in [0.717, 1.165) is 12.8 Å². The molecular weight excluding hydrogens is 342 g/mol. The number of hydrogen-bond donors (Lipinski definition) is 2. The number of hydrogen-bond acceptors (Lipinski definition) is 4. The van der Waals surface area contributed by atoms with Crippen molar-refractivity contribution in [1.82, 2.24) is 15.1 Å². The van der Waals surface area contributed by atoms with Gasteiger partial charge >= 0.3 is 0 Å². The molecule has 6 nitrogen and oxygen atoms in total. The first-order chi connectivity index (χ1) is 12.7. The Labute approximate surface area is 162 Å². The third-order valence-corrected chi connectivity index (χ3v) is 5.69. The molecule has 0 aliphatic heterocycles. The lowest BCUT2D eigenvalue weighted by atomic mass is 9.74. The highest BCUT2D eigenvalue weighted by Crippen LogP contribution is 2.39. The second-order valence-corrected chi connectivity index (χ2v) is 8.01. The van der Waals surface area contributed by atoms with E-state index in [0.29, 0.717) is 25.9 Å². The second-order valence-electron chi connectivity index (χ2n) is 8.01. The third-order valence-electron chi connectivity index (χ3n) is 5.69. The maximum absolute atomic E-state index is 12.5. The Morgan fingerprint density at radius 1 is 1.15 bits per heavy atom. The van der Waals surface area contributed by atoms with Crippen LogP contribution >= 0.6 is 0 Å². The molecule has 1 aromatic rings. The molecule has 2 rings (SSSR count). The summed E-state index contributed by atoms with van der Waals surface area (Å²) < 4.78 is 0. The minimum absolute atomic E-state index is 0.0122. The molecule has 0 heterocycles. The lowest BCUT2D eigenvalue weighted by Gasteiger charge is -2.34. The number of carbonyl (C=O) groups is 2. The van der Waals surface area contributed by atoms with Crippen LogP contribution in [-0.4, -0.2) is 73.1 Å². The summed E-state index contributed by atoms with van der Waals surface area (Å²) >= 11 is 0. The summed E-state index contributed by atoms with van der Waals surface area (Å²) in [4.78, 5) is 27.6. The molecule has 0 aromatic heterocycles. The maximum atomic E-state index is 12.5. The number of aliphatic hydroxyl groups excluding tert-OH is 1. The van der Waals surface area contributed by atoms with Crippen LogP contribution in [0, 0.1) is 0 Å². The van der Waals surface area contributed by atoms with Crippen LogP contribution in [0.25, 0.3) is 0 Å². The van der Waals surface area contributed by atoms with E-state index in [1.807, 2.05) is 37.2 Å². The lowest BCUT2D eigenvalue weighted by Crippen LogP contribution is -2.47. The fraction of sp³-hybridized carbons (Fsp3) is 0.619. The minimum atomic E-state index is -0.566. The molecule has 0 unspecified atom stereocenters. The van der Waals surface area contributed by atoms with Crippen LogP contribution < -0.4 is 5.32 Å². The predicted molar refractivity (Wildman–Crippen MR) is 106 cm³/mol. The van der Waals surface area contributed by atoms with Crippen molar-refractivity contribution < 1.29 is 14.7 Å². The van der Waals surface area contributed by atoms with Gasteiger partial charge in [-0.3, -0.25) is 9.59 Å². The molecule has 3 atom stereocenters. The Bertz CT molecular complexity index is 635. The van der Waals surface area contributed by atoms with Crippen molar-refractivity contribution in [1.29, 1.82) is 0 Å².